The average Bonchev–Trinajstić information content (AvgIpc) is 2.62. The van der Waals surface area contributed by atoms with Gasteiger partial charge in [0, 0.05) is 6.42 Å². The lowest BCUT2D eigenvalue weighted by molar-refractivity contribution is -0.143. The zero-order valence-electron chi connectivity index (χ0n) is 14.4. The Morgan fingerprint density at radius 1 is 0.875 bits per heavy atom. The Morgan fingerprint density at radius 3 is 2.42 bits per heavy atom. The topological polar surface area (TPSA) is 35.5 Å². The van der Waals surface area contributed by atoms with Gasteiger partial charge in [-0.3, -0.25) is 4.79 Å². The van der Waals surface area contributed by atoms with Crippen LogP contribution in [0.3, 0.4) is 0 Å². The van der Waals surface area contributed by atoms with Crippen LogP contribution in [0, 0.1) is 0 Å². The Hall–Kier alpha value is -2.29. The first-order chi connectivity index (χ1) is 11.8. The van der Waals surface area contributed by atoms with Gasteiger partial charge in [0.05, 0.1) is 13.2 Å². The van der Waals surface area contributed by atoms with E-state index in [2.05, 4.69) is 24.3 Å². The van der Waals surface area contributed by atoms with E-state index >= 15 is 0 Å². The van der Waals surface area contributed by atoms with Crippen LogP contribution in [0.2, 0.25) is 0 Å². The van der Waals surface area contributed by atoms with Gasteiger partial charge in [-0.05, 0) is 43.0 Å². The largest absolute Gasteiger partial charge is 0.494 e. The van der Waals surface area contributed by atoms with E-state index in [1.165, 1.54) is 11.1 Å². The molecule has 0 saturated heterocycles. The van der Waals surface area contributed by atoms with Gasteiger partial charge in [-0.2, -0.15) is 0 Å². The molecule has 0 amide bonds. The molecule has 0 unspecified atom stereocenters. The highest BCUT2D eigenvalue weighted by atomic mass is 16.5. The number of rotatable bonds is 10. The summed E-state index contributed by atoms with van der Waals surface area (Å²) in [5.74, 6) is 0.814. The maximum atomic E-state index is 11.2. The van der Waals surface area contributed by atoms with Crippen LogP contribution in [0.15, 0.2) is 54.6 Å². The van der Waals surface area contributed by atoms with Crippen LogP contribution in [0.1, 0.15) is 39.0 Å². The first-order valence-corrected chi connectivity index (χ1v) is 8.73. The number of benzene rings is 2. The van der Waals surface area contributed by atoms with Crippen molar-refractivity contribution in [1.82, 2.24) is 0 Å². The van der Waals surface area contributed by atoms with Crippen molar-refractivity contribution in [3.8, 4) is 16.9 Å². The van der Waals surface area contributed by atoms with E-state index in [0.717, 1.165) is 31.4 Å². The van der Waals surface area contributed by atoms with Gasteiger partial charge >= 0.3 is 5.97 Å². The molecule has 3 nitrogen and oxygen atoms in total. The van der Waals surface area contributed by atoms with Crippen molar-refractivity contribution in [2.45, 2.75) is 39.0 Å². The third kappa shape index (κ3) is 6.45. The van der Waals surface area contributed by atoms with Crippen LogP contribution in [-0.2, 0) is 9.53 Å². The molecule has 0 atom stereocenters. The fourth-order valence-electron chi connectivity index (χ4n) is 2.54. The minimum atomic E-state index is -0.0912. The molecule has 2 aromatic carbocycles. The Morgan fingerprint density at radius 2 is 1.62 bits per heavy atom. The second kappa shape index (κ2) is 10.5. The van der Waals surface area contributed by atoms with Crippen molar-refractivity contribution in [1.29, 1.82) is 0 Å². The van der Waals surface area contributed by atoms with Gasteiger partial charge in [0.1, 0.15) is 5.75 Å². The molecule has 24 heavy (non-hydrogen) atoms. The molecule has 0 fully saturated rings. The highest BCUT2D eigenvalue weighted by molar-refractivity contribution is 5.69. The van der Waals surface area contributed by atoms with Gasteiger partial charge in [0.25, 0.3) is 0 Å². The molecule has 128 valence electrons. The summed E-state index contributed by atoms with van der Waals surface area (Å²) in [6.45, 7) is 3.01. The predicted octanol–water partition coefficient (Wildman–Crippen LogP) is 5.25. The van der Waals surface area contributed by atoms with Crippen molar-refractivity contribution in [2.24, 2.45) is 0 Å². The van der Waals surface area contributed by atoms with Crippen molar-refractivity contribution in [2.75, 3.05) is 13.2 Å². The van der Waals surface area contributed by atoms with E-state index in [-0.39, 0.29) is 5.97 Å². The molecule has 0 aliphatic carbocycles. The molecule has 0 heterocycles. The number of hydrogen-bond donors (Lipinski definition) is 0. The molecule has 3 heteroatoms. The summed E-state index contributed by atoms with van der Waals surface area (Å²) in [5, 5.41) is 0. The van der Waals surface area contributed by atoms with Crippen LogP contribution in [0.4, 0.5) is 0 Å². The molecule has 0 aliphatic rings. The van der Waals surface area contributed by atoms with Crippen molar-refractivity contribution >= 4 is 5.97 Å². The molecule has 0 aromatic heterocycles. The Labute approximate surface area is 144 Å². The lowest BCUT2D eigenvalue weighted by Crippen LogP contribution is -2.03. The molecule has 0 radical (unpaired) electrons. The van der Waals surface area contributed by atoms with Crippen LogP contribution in [0.25, 0.3) is 11.1 Å². The van der Waals surface area contributed by atoms with Gasteiger partial charge in [0.15, 0.2) is 0 Å². The summed E-state index contributed by atoms with van der Waals surface area (Å²) in [7, 11) is 0. The first kappa shape index (κ1) is 18.1. The summed E-state index contributed by atoms with van der Waals surface area (Å²) in [5.41, 5.74) is 2.37. The molecular weight excluding hydrogens is 300 g/mol. The van der Waals surface area contributed by atoms with E-state index in [9.17, 15) is 4.79 Å². The minimum Gasteiger partial charge on any atom is -0.494 e. The highest BCUT2D eigenvalue weighted by Gasteiger charge is 2.02. The SMILES string of the molecule is CCOC(=O)CCCCCCOc1cccc(-c2ccccc2)c1. The average molecular weight is 326 g/mol. The lowest BCUT2D eigenvalue weighted by Gasteiger charge is -2.08. The zero-order chi connectivity index (χ0) is 17.0. The monoisotopic (exact) mass is 326 g/mol. The molecule has 2 rings (SSSR count). The van der Waals surface area contributed by atoms with Crippen molar-refractivity contribution in [3.63, 3.8) is 0 Å². The number of carbonyl (C=O) groups excluding carboxylic acids is 1. The van der Waals surface area contributed by atoms with Crippen LogP contribution >= 0.6 is 0 Å². The molecule has 0 aliphatic heterocycles. The summed E-state index contributed by atoms with van der Waals surface area (Å²) in [4.78, 5) is 11.2. The van der Waals surface area contributed by atoms with E-state index in [0.29, 0.717) is 19.6 Å². The van der Waals surface area contributed by atoms with Gasteiger partial charge in [0.2, 0.25) is 0 Å². The third-order valence-electron chi connectivity index (χ3n) is 3.79. The Balaban J connectivity index is 1.65. The summed E-state index contributed by atoms with van der Waals surface area (Å²) in [6, 6.07) is 18.5. The number of carbonyl (C=O) groups is 1. The molecule has 2 aromatic rings. The zero-order valence-corrected chi connectivity index (χ0v) is 14.4. The number of ether oxygens (including phenoxy) is 2. The third-order valence-corrected chi connectivity index (χ3v) is 3.79. The standard InChI is InChI=1S/C21H26O3/c1-2-23-21(22)15-8-3-4-9-16-24-20-14-10-13-19(17-20)18-11-6-5-7-12-18/h5-7,10-14,17H,2-4,8-9,15-16H2,1H3. The van der Waals surface area contributed by atoms with E-state index in [1.807, 2.05) is 37.3 Å². The molecular formula is C21H26O3. The van der Waals surface area contributed by atoms with E-state index < -0.39 is 0 Å². The minimum absolute atomic E-state index is 0.0912. The summed E-state index contributed by atoms with van der Waals surface area (Å²) >= 11 is 0. The predicted molar refractivity (Wildman–Crippen MR) is 97.1 cm³/mol. The second-order valence-corrected chi connectivity index (χ2v) is 5.71. The van der Waals surface area contributed by atoms with E-state index in [4.69, 9.17) is 9.47 Å². The highest BCUT2D eigenvalue weighted by Crippen LogP contribution is 2.23. The quantitative estimate of drug-likeness (QED) is 0.442. The Bertz CT molecular complexity index is 607. The number of esters is 1. The fourth-order valence-corrected chi connectivity index (χ4v) is 2.54. The maximum absolute atomic E-state index is 11.2. The lowest BCUT2D eigenvalue weighted by atomic mass is 10.1. The number of hydrogen-bond acceptors (Lipinski definition) is 3. The van der Waals surface area contributed by atoms with Crippen molar-refractivity contribution < 1.29 is 14.3 Å². The smallest absolute Gasteiger partial charge is 0.305 e. The van der Waals surface area contributed by atoms with Crippen molar-refractivity contribution in [3.05, 3.63) is 54.6 Å². The van der Waals surface area contributed by atoms with Crippen LogP contribution in [-0.4, -0.2) is 19.2 Å². The van der Waals surface area contributed by atoms with E-state index in [1.54, 1.807) is 0 Å². The Kier molecular flexibility index (Phi) is 7.88. The normalized spacial score (nSPS) is 10.4. The maximum Gasteiger partial charge on any atom is 0.305 e. The molecule has 0 saturated carbocycles. The first-order valence-electron chi connectivity index (χ1n) is 8.73. The van der Waals surface area contributed by atoms with Gasteiger partial charge < -0.3 is 9.47 Å². The van der Waals surface area contributed by atoms with Crippen LogP contribution < -0.4 is 4.74 Å². The van der Waals surface area contributed by atoms with Gasteiger partial charge in [-0.15, -0.1) is 0 Å². The number of unbranched alkanes of at least 4 members (excludes halogenated alkanes) is 3. The summed E-state index contributed by atoms with van der Waals surface area (Å²) in [6.07, 6.45) is 4.51. The summed E-state index contributed by atoms with van der Waals surface area (Å²) < 4.78 is 10.8. The molecule has 0 bridgehead atoms. The molecule has 0 N–H and O–H groups in total. The van der Waals surface area contributed by atoms with Gasteiger partial charge in [-0.25, -0.2) is 0 Å². The second-order valence-electron chi connectivity index (χ2n) is 5.71. The van der Waals surface area contributed by atoms with Crippen LogP contribution in [0.5, 0.6) is 5.75 Å². The molecule has 0 spiro atoms. The van der Waals surface area contributed by atoms with Gasteiger partial charge in [-0.1, -0.05) is 55.3 Å². The fraction of sp³-hybridized carbons (Fsp3) is 0.381.